The SMILES string of the molecule is CCN(CC)CCN1C2=C(CN(C3CCCCC3)C2=O)C(=O)Nc2ccccc21. The van der Waals surface area contributed by atoms with E-state index in [1.807, 2.05) is 29.2 Å². The average Bonchev–Trinajstić information content (AvgIpc) is 3.04. The predicted molar refractivity (Wildman–Crippen MR) is 116 cm³/mol. The van der Waals surface area contributed by atoms with Crippen molar-refractivity contribution in [3.8, 4) is 0 Å². The molecule has 6 nitrogen and oxygen atoms in total. The molecule has 0 aromatic heterocycles. The van der Waals surface area contributed by atoms with Gasteiger partial charge in [0.1, 0.15) is 5.70 Å². The number of hydrogen-bond acceptors (Lipinski definition) is 4. The Morgan fingerprint density at radius 2 is 1.79 bits per heavy atom. The first-order valence-corrected chi connectivity index (χ1v) is 11.1. The van der Waals surface area contributed by atoms with Crippen molar-refractivity contribution in [2.24, 2.45) is 0 Å². The Balaban J connectivity index is 1.68. The number of nitrogens with one attached hydrogen (secondary N) is 1. The molecule has 1 aromatic carbocycles. The molecule has 6 heteroatoms. The highest BCUT2D eigenvalue weighted by atomic mass is 16.2. The number of nitrogens with zero attached hydrogens (tertiary/aromatic N) is 3. The lowest BCUT2D eigenvalue weighted by molar-refractivity contribution is -0.128. The number of carbonyl (C=O) groups is 2. The smallest absolute Gasteiger partial charge is 0.271 e. The molecule has 29 heavy (non-hydrogen) atoms. The van der Waals surface area contributed by atoms with Gasteiger partial charge in [-0.3, -0.25) is 9.59 Å². The van der Waals surface area contributed by atoms with Crippen LogP contribution in [0.15, 0.2) is 35.5 Å². The largest absolute Gasteiger partial charge is 0.334 e. The highest BCUT2D eigenvalue weighted by Crippen LogP contribution is 2.38. The van der Waals surface area contributed by atoms with E-state index in [1.165, 1.54) is 19.3 Å². The molecule has 0 radical (unpaired) electrons. The van der Waals surface area contributed by atoms with Gasteiger partial charge >= 0.3 is 0 Å². The van der Waals surface area contributed by atoms with Crippen LogP contribution in [0.5, 0.6) is 0 Å². The van der Waals surface area contributed by atoms with Crippen molar-refractivity contribution in [2.75, 3.05) is 42.9 Å². The maximum absolute atomic E-state index is 13.6. The molecule has 0 spiro atoms. The van der Waals surface area contributed by atoms with Crippen molar-refractivity contribution in [3.63, 3.8) is 0 Å². The fourth-order valence-electron chi connectivity index (χ4n) is 4.87. The number of hydrogen-bond donors (Lipinski definition) is 1. The number of para-hydroxylation sites is 2. The maximum Gasteiger partial charge on any atom is 0.271 e. The highest BCUT2D eigenvalue weighted by molar-refractivity contribution is 6.17. The molecule has 0 saturated heterocycles. The number of carbonyl (C=O) groups excluding carboxylic acids is 2. The van der Waals surface area contributed by atoms with Crippen LogP contribution >= 0.6 is 0 Å². The number of rotatable bonds is 6. The van der Waals surface area contributed by atoms with E-state index in [2.05, 4.69) is 29.0 Å². The van der Waals surface area contributed by atoms with Crippen molar-refractivity contribution < 1.29 is 9.59 Å². The van der Waals surface area contributed by atoms with Crippen LogP contribution in [0.25, 0.3) is 0 Å². The first-order valence-electron chi connectivity index (χ1n) is 11.1. The second-order valence-electron chi connectivity index (χ2n) is 8.20. The highest BCUT2D eigenvalue weighted by Gasteiger charge is 2.42. The van der Waals surface area contributed by atoms with Gasteiger partial charge in [-0.2, -0.15) is 0 Å². The van der Waals surface area contributed by atoms with Gasteiger partial charge in [-0.05, 0) is 38.1 Å². The molecule has 0 bridgehead atoms. The van der Waals surface area contributed by atoms with Crippen molar-refractivity contribution in [1.82, 2.24) is 9.80 Å². The Bertz CT molecular complexity index is 809. The Morgan fingerprint density at radius 1 is 1.07 bits per heavy atom. The molecule has 2 heterocycles. The summed E-state index contributed by atoms with van der Waals surface area (Å²) in [4.78, 5) is 33.0. The topological polar surface area (TPSA) is 55.9 Å². The number of anilines is 2. The third-order valence-corrected chi connectivity index (χ3v) is 6.61. The molecule has 0 unspecified atom stereocenters. The zero-order valence-electron chi connectivity index (χ0n) is 17.6. The van der Waals surface area contributed by atoms with Crippen LogP contribution < -0.4 is 10.2 Å². The van der Waals surface area contributed by atoms with Crippen LogP contribution in [0.4, 0.5) is 11.4 Å². The maximum atomic E-state index is 13.6. The fourth-order valence-corrected chi connectivity index (χ4v) is 4.87. The van der Waals surface area contributed by atoms with Gasteiger partial charge < -0.3 is 20.0 Å². The minimum Gasteiger partial charge on any atom is -0.334 e. The number of fused-ring (bicyclic) bond motifs is 1. The van der Waals surface area contributed by atoms with E-state index in [4.69, 9.17) is 0 Å². The summed E-state index contributed by atoms with van der Waals surface area (Å²) in [6, 6.07) is 8.08. The van der Waals surface area contributed by atoms with Crippen molar-refractivity contribution in [2.45, 2.75) is 52.0 Å². The van der Waals surface area contributed by atoms with E-state index < -0.39 is 0 Å². The lowest BCUT2D eigenvalue weighted by Gasteiger charge is -2.33. The molecule has 1 N–H and O–H groups in total. The standard InChI is InChI=1S/C23H32N4O2/c1-3-25(4-2)14-15-26-20-13-9-8-12-19(20)24-22(28)18-16-27(23(29)21(18)26)17-10-6-5-7-11-17/h8-9,12-13,17H,3-7,10-11,14-16H2,1-2H3,(H,24,28). The summed E-state index contributed by atoms with van der Waals surface area (Å²) in [7, 11) is 0. The van der Waals surface area contributed by atoms with Crippen LogP contribution in [-0.2, 0) is 9.59 Å². The summed E-state index contributed by atoms with van der Waals surface area (Å²) in [5, 5.41) is 3.05. The molecule has 3 aliphatic rings. The zero-order chi connectivity index (χ0) is 20.4. The van der Waals surface area contributed by atoms with E-state index in [9.17, 15) is 9.59 Å². The second kappa shape index (κ2) is 8.57. The second-order valence-corrected chi connectivity index (χ2v) is 8.20. The van der Waals surface area contributed by atoms with Crippen LogP contribution in [0.3, 0.4) is 0 Å². The normalized spacial score (nSPS) is 20.1. The summed E-state index contributed by atoms with van der Waals surface area (Å²) in [5.74, 6) is -0.109. The van der Waals surface area contributed by atoms with Crippen LogP contribution in [0.1, 0.15) is 46.0 Å². The predicted octanol–water partition coefficient (Wildman–Crippen LogP) is 3.22. The van der Waals surface area contributed by atoms with Crippen molar-refractivity contribution in [3.05, 3.63) is 35.5 Å². The van der Waals surface area contributed by atoms with Crippen LogP contribution in [0, 0.1) is 0 Å². The van der Waals surface area contributed by atoms with Crippen molar-refractivity contribution >= 4 is 23.2 Å². The molecule has 1 saturated carbocycles. The number of benzene rings is 1. The zero-order valence-corrected chi connectivity index (χ0v) is 17.6. The quantitative estimate of drug-likeness (QED) is 0.802. The van der Waals surface area contributed by atoms with Gasteiger partial charge in [0.2, 0.25) is 0 Å². The summed E-state index contributed by atoms with van der Waals surface area (Å²) >= 11 is 0. The van der Waals surface area contributed by atoms with E-state index in [1.54, 1.807) is 0 Å². The molecule has 1 aliphatic carbocycles. The van der Waals surface area contributed by atoms with Crippen molar-refractivity contribution in [1.29, 1.82) is 0 Å². The first kappa shape index (κ1) is 20.0. The summed E-state index contributed by atoms with van der Waals surface area (Å²) in [6.45, 7) is 8.22. The third kappa shape index (κ3) is 3.78. The van der Waals surface area contributed by atoms with Gasteiger partial charge in [0.15, 0.2) is 0 Å². The Hall–Kier alpha value is -2.34. The van der Waals surface area contributed by atoms with Gasteiger partial charge in [-0.15, -0.1) is 0 Å². The van der Waals surface area contributed by atoms with Gasteiger partial charge in [-0.25, -0.2) is 0 Å². The minimum absolute atomic E-state index is 0.0262. The van der Waals surface area contributed by atoms with Gasteiger partial charge in [0, 0.05) is 19.1 Å². The molecule has 0 atom stereocenters. The lowest BCUT2D eigenvalue weighted by Crippen LogP contribution is -2.42. The van der Waals surface area contributed by atoms with E-state index in [0.717, 1.165) is 43.9 Å². The van der Waals surface area contributed by atoms with E-state index >= 15 is 0 Å². The van der Waals surface area contributed by atoms with Gasteiger partial charge in [-0.1, -0.05) is 45.2 Å². The fraction of sp³-hybridized carbons (Fsp3) is 0.565. The monoisotopic (exact) mass is 396 g/mol. The van der Waals surface area contributed by atoms with E-state index in [-0.39, 0.29) is 17.9 Å². The number of likely N-dealkylation sites (N-methyl/N-ethyl adjacent to an activating group) is 1. The molecule has 2 amide bonds. The Labute approximate surface area is 173 Å². The number of amides is 2. The van der Waals surface area contributed by atoms with Crippen LogP contribution in [0.2, 0.25) is 0 Å². The minimum atomic E-state index is -0.135. The molecular formula is C23H32N4O2. The molecular weight excluding hydrogens is 364 g/mol. The van der Waals surface area contributed by atoms with Gasteiger partial charge in [0.05, 0.1) is 23.5 Å². The van der Waals surface area contributed by atoms with Crippen LogP contribution in [-0.4, -0.2) is 60.4 Å². The summed E-state index contributed by atoms with van der Waals surface area (Å²) in [6.07, 6.45) is 5.67. The Kier molecular flexibility index (Phi) is 5.90. The molecule has 156 valence electrons. The average molecular weight is 397 g/mol. The third-order valence-electron chi connectivity index (χ3n) is 6.61. The Morgan fingerprint density at radius 3 is 2.52 bits per heavy atom. The summed E-state index contributed by atoms with van der Waals surface area (Å²) < 4.78 is 0. The molecule has 1 aromatic rings. The molecule has 1 fully saturated rings. The lowest BCUT2D eigenvalue weighted by atomic mass is 9.94. The summed E-state index contributed by atoms with van der Waals surface area (Å²) in [5.41, 5.74) is 2.90. The van der Waals surface area contributed by atoms with Gasteiger partial charge in [0.25, 0.3) is 11.8 Å². The first-order chi connectivity index (χ1) is 14.1. The molecule has 4 rings (SSSR count). The molecule has 2 aliphatic heterocycles. The van der Waals surface area contributed by atoms with E-state index in [0.29, 0.717) is 24.4 Å².